The maximum absolute atomic E-state index is 12.0. The van der Waals surface area contributed by atoms with E-state index in [1.54, 1.807) is 18.9 Å². The van der Waals surface area contributed by atoms with Crippen molar-refractivity contribution < 1.29 is 14.3 Å². The Kier molecular flexibility index (Phi) is 6.72. The largest absolute Gasteiger partial charge is 0.450 e. The summed E-state index contributed by atoms with van der Waals surface area (Å²) in [5.41, 5.74) is 3.53. The van der Waals surface area contributed by atoms with E-state index < -0.39 is 6.09 Å². The highest BCUT2D eigenvalue weighted by Gasteiger charge is 2.11. The van der Waals surface area contributed by atoms with Gasteiger partial charge in [0.2, 0.25) is 5.91 Å². The quantitative estimate of drug-likeness (QED) is 0.876. The van der Waals surface area contributed by atoms with E-state index in [2.05, 4.69) is 11.4 Å². The van der Waals surface area contributed by atoms with Gasteiger partial charge in [-0.05, 0) is 31.9 Å². The summed E-state index contributed by atoms with van der Waals surface area (Å²) in [4.78, 5) is 24.8. The van der Waals surface area contributed by atoms with Gasteiger partial charge >= 0.3 is 6.09 Å². The van der Waals surface area contributed by atoms with E-state index in [9.17, 15) is 9.59 Å². The normalized spacial score (nSPS) is 10.1. The molecule has 2 amide bonds. The minimum Gasteiger partial charge on any atom is -0.450 e. The molecular formula is C16H24N2O3. The molecule has 0 unspecified atom stereocenters. The number of ether oxygens (including phenoxy) is 1. The van der Waals surface area contributed by atoms with E-state index in [0.29, 0.717) is 13.2 Å². The van der Waals surface area contributed by atoms with Crippen molar-refractivity contribution in [2.75, 3.05) is 20.2 Å². The second-order valence-corrected chi connectivity index (χ2v) is 5.08. The monoisotopic (exact) mass is 292 g/mol. The first-order valence-electron chi connectivity index (χ1n) is 7.14. The predicted octanol–water partition coefficient (Wildman–Crippen LogP) is 2.40. The molecular weight excluding hydrogens is 268 g/mol. The third kappa shape index (κ3) is 5.85. The van der Waals surface area contributed by atoms with Gasteiger partial charge in [-0.2, -0.15) is 0 Å². The van der Waals surface area contributed by atoms with Crippen molar-refractivity contribution in [1.29, 1.82) is 0 Å². The first-order valence-corrected chi connectivity index (χ1v) is 7.14. The number of alkyl carbamates (subject to hydrolysis) is 1. The van der Waals surface area contributed by atoms with Crippen LogP contribution in [0, 0.1) is 13.8 Å². The summed E-state index contributed by atoms with van der Waals surface area (Å²) in [5.74, 6) is -0.00762. The Morgan fingerprint density at radius 3 is 2.62 bits per heavy atom. The average molecular weight is 292 g/mol. The summed E-state index contributed by atoms with van der Waals surface area (Å²) in [5, 5.41) is 2.54. The smallest absolute Gasteiger partial charge is 0.407 e. The lowest BCUT2D eigenvalue weighted by molar-refractivity contribution is -0.130. The molecule has 0 aromatic heterocycles. The van der Waals surface area contributed by atoms with Crippen molar-refractivity contribution in [3.8, 4) is 0 Å². The van der Waals surface area contributed by atoms with Crippen LogP contribution >= 0.6 is 0 Å². The minimum atomic E-state index is -0.484. The van der Waals surface area contributed by atoms with Crippen LogP contribution in [-0.2, 0) is 16.1 Å². The van der Waals surface area contributed by atoms with Gasteiger partial charge in [-0.1, -0.05) is 23.8 Å². The molecule has 116 valence electrons. The lowest BCUT2D eigenvalue weighted by Crippen LogP contribution is -2.32. The number of benzene rings is 1. The molecule has 0 aliphatic carbocycles. The van der Waals surface area contributed by atoms with Crippen molar-refractivity contribution in [3.05, 3.63) is 34.9 Å². The molecule has 1 aromatic carbocycles. The summed E-state index contributed by atoms with van der Waals surface area (Å²) in [7, 11) is 1.77. The van der Waals surface area contributed by atoms with Crippen LogP contribution in [0.1, 0.15) is 30.0 Å². The van der Waals surface area contributed by atoms with E-state index in [-0.39, 0.29) is 18.9 Å². The van der Waals surface area contributed by atoms with Gasteiger partial charge < -0.3 is 15.0 Å². The van der Waals surface area contributed by atoms with Gasteiger partial charge in [-0.25, -0.2) is 4.79 Å². The topological polar surface area (TPSA) is 58.6 Å². The van der Waals surface area contributed by atoms with Crippen molar-refractivity contribution in [3.63, 3.8) is 0 Å². The van der Waals surface area contributed by atoms with Crippen LogP contribution in [0.5, 0.6) is 0 Å². The molecule has 0 heterocycles. The van der Waals surface area contributed by atoms with Crippen LogP contribution in [0.15, 0.2) is 18.2 Å². The van der Waals surface area contributed by atoms with Crippen molar-refractivity contribution in [2.24, 2.45) is 0 Å². The van der Waals surface area contributed by atoms with E-state index in [1.165, 1.54) is 11.1 Å². The van der Waals surface area contributed by atoms with Gasteiger partial charge in [0.25, 0.3) is 0 Å². The summed E-state index contributed by atoms with van der Waals surface area (Å²) in [6, 6.07) is 6.20. The van der Waals surface area contributed by atoms with Crippen LogP contribution in [0.25, 0.3) is 0 Å². The van der Waals surface area contributed by atoms with Gasteiger partial charge in [0.05, 0.1) is 6.61 Å². The molecule has 0 atom stereocenters. The predicted molar refractivity (Wildman–Crippen MR) is 82.0 cm³/mol. The fourth-order valence-corrected chi connectivity index (χ4v) is 2.01. The number of nitrogens with zero attached hydrogens (tertiary/aromatic N) is 1. The highest BCUT2D eigenvalue weighted by atomic mass is 16.5. The summed E-state index contributed by atoms with van der Waals surface area (Å²) >= 11 is 0. The van der Waals surface area contributed by atoms with Crippen molar-refractivity contribution >= 4 is 12.0 Å². The van der Waals surface area contributed by atoms with E-state index >= 15 is 0 Å². The standard InChI is InChI=1S/C16H24N2O3/c1-5-21-16(20)17-9-8-15(19)18(4)11-14-7-6-12(2)10-13(14)3/h6-7,10H,5,8-9,11H2,1-4H3,(H,17,20). The zero-order valence-electron chi connectivity index (χ0n) is 13.2. The SMILES string of the molecule is CCOC(=O)NCCC(=O)N(C)Cc1ccc(C)cc1C. The number of hydrogen-bond acceptors (Lipinski definition) is 3. The van der Waals surface area contributed by atoms with Crippen molar-refractivity contribution in [1.82, 2.24) is 10.2 Å². The Balaban J connectivity index is 2.42. The molecule has 1 aromatic rings. The van der Waals surface area contributed by atoms with Crippen LogP contribution in [0.3, 0.4) is 0 Å². The van der Waals surface area contributed by atoms with Gasteiger partial charge in [-0.3, -0.25) is 4.79 Å². The Hall–Kier alpha value is -2.04. The van der Waals surface area contributed by atoms with Gasteiger partial charge in [-0.15, -0.1) is 0 Å². The third-order valence-electron chi connectivity index (χ3n) is 3.22. The van der Waals surface area contributed by atoms with E-state index in [1.807, 2.05) is 26.0 Å². The second-order valence-electron chi connectivity index (χ2n) is 5.08. The molecule has 0 spiro atoms. The summed E-state index contributed by atoms with van der Waals surface area (Å²) < 4.78 is 4.73. The third-order valence-corrected chi connectivity index (χ3v) is 3.22. The molecule has 0 saturated carbocycles. The van der Waals surface area contributed by atoms with Crippen LogP contribution in [-0.4, -0.2) is 37.1 Å². The molecule has 1 rings (SSSR count). The maximum atomic E-state index is 12.0. The lowest BCUT2D eigenvalue weighted by Gasteiger charge is -2.19. The number of aryl methyl sites for hydroxylation is 2. The number of rotatable bonds is 6. The zero-order chi connectivity index (χ0) is 15.8. The van der Waals surface area contributed by atoms with Crippen LogP contribution < -0.4 is 5.32 Å². The molecule has 0 fully saturated rings. The molecule has 5 heteroatoms. The van der Waals surface area contributed by atoms with E-state index in [0.717, 1.165) is 5.56 Å². The first kappa shape index (κ1) is 17.0. The van der Waals surface area contributed by atoms with Crippen LogP contribution in [0.4, 0.5) is 4.79 Å². The van der Waals surface area contributed by atoms with Gasteiger partial charge in [0.1, 0.15) is 0 Å². The number of nitrogens with one attached hydrogen (secondary N) is 1. The zero-order valence-corrected chi connectivity index (χ0v) is 13.2. The number of hydrogen-bond donors (Lipinski definition) is 1. The molecule has 1 N–H and O–H groups in total. The Morgan fingerprint density at radius 2 is 2.00 bits per heavy atom. The summed E-state index contributed by atoms with van der Waals surface area (Å²) in [6.07, 6.45) is -0.220. The first-order chi connectivity index (χ1) is 9.93. The average Bonchev–Trinajstić information content (AvgIpc) is 2.42. The van der Waals surface area contributed by atoms with Gasteiger partial charge in [0, 0.05) is 26.6 Å². The summed E-state index contributed by atoms with van der Waals surface area (Å²) in [6.45, 7) is 7.02. The molecule has 0 aliphatic rings. The molecule has 21 heavy (non-hydrogen) atoms. The number of amides is 2. The Labute approximate surface area is 126 Å². The maximum Gasteiger partial charge on any atom is 0.407 e. The Morgan fingerprint density at radius 1 is 1.29 bits per heavy atom. The highest BCUT2D eigenvalue weighted by Crippen LogP contribution is 2.12. The molecule has 0 aliphatic heterocycles. The molecule has 0 bridgehead atoms. The minimum absolute atomic E-state index is 0.00762. The molecule has 5 nitrogen and oxygen atoms in total. The number of carbonyl (C=O) groups is 2. The lowest BCUT2D eigenvalue weighted by atomic mass is 10.1. The fraction of sp³-hybridized carbons (Fsp3) is 0.500. The van der Waals surface area contributed by atoms with Crippen molar-refractivity contribution in [2.45, 2.75) is 33.7 Å². The highest BCUT2D eigenvalue weighted by molar-refractivity contribution is 5.77. The Bertz CT molecular complexity index is 500. The van der Waals surface area contributed by atoms with Crippen LogP contribution in [0.2, 0.25) is 0 Å². The molecule has 0 saturated heterocycles. The fourth-order valence-electron chi connectivity index (χ4n) is 2.01. The molecule has 0 radical (unpaired) electrons. The number of carbonyl (C=O) groups excluding carboxylic acids is 2. The van der Waals surface area contributed by atoms with E-state index in [4.69, 9.17) is 4.74 Å². The second kappa shape index (κ2) is 8.29. The van der Waals surface area contributed by atoms with Gasteiger partial charge in [0.15, 0.2) is 0 Å².